The van der Waals surface area contributed by atoms with E-state index in [2.05, 4.69) is 6.58 Å². The number of hydrogen-bond acceptors (Lipinski definition) is 1. The van der Waals surface area contributed by atoms with Crippen molar-refractivity contribution in [2.24, 2.45) is 5.73 Å². The molecule has 0 fully saturated rings. The Morgan fingerprint density at radius 2 is 2.08 bits per heavy atom. The fourth-order valence-electron chi connectivity index (χ4n) is 0.729. The lowest BCUT2D eigenvalue weighted by atomic mass is 10.1. The van der Waals surface area contributed by atoms with Gasteiger partial charge in [-0.15, -0.1) is 0 Å². The van der Waals surface area contributed by atoms with E-state index in [0.717, 1.165) is 0 Å². The van der Waals surface area contributed by atoms with Crippen LogP contribution in [-0.2, 0) is 0 Å². The third-order valence-corrected chi connectivity index (χ3v) is 1.24. The van der Waals surface area contributed by atoms with E-state index in [0.29, 0.717) is 5.57 Å². The van der Waals surface area contributed by atoms with Crippen molar-refractivity contribution in [3.05, 3.63) is 36.5 Å². The summed E-state index contributed by atoms with van der Waals surface area (Å²) in [6.07, 6.45) is 5.57. The van der Waals surface area contributed by atoms with Gasteiger partial charge in [-0.25, -0.2) is 4.39 Å². The fourth-order valence-corrected chi connectivity index (χ4v) is 0.729. The molecular formula is C11H20FN. The normalized spacial score (nSPS) is 13.5. The molecule has 0 spiro atoms. The van der Waals surface area contributed by atoms with Gasteiger partial charge in [0.15, 0.2) is 0 Å². The van der Waals surface area contributed by atoms with Crippen LogP contribution in [0.2, 0.25) is 0 Å². The lowest BCUT2D eigenvalue weighted by Crippen LogP contribution is -2.16. The zero-order valence-corrected chi connectivity index (χ0v) is 8.76. The van der Waals surface area contributed by atoms with E-state index >= 15 is 0 Å². The highest BCUT2D eigenvalue weighted by Gasteiger charge is 2.05. The number of halogens is 1. The van der Waals surface area contributed by atoms with Gasteiger partial charge >= 0.3 is 0 Å². The van der Waals surface area contributed by atoms with Gasteiger partial charge < -0.3 is 5.73 Å². The van der Waals surface area contributed by atoms with Gasteiger partial charge in [0.1, 0.15) is 6.17 Å². The largest absolute Gasteiger partial charge is 0.327 e. The van der Waals surface area contributed by atoms with Crippen molar-refractivity contribution >= 4 is 0 Å². The Balaban J connectivity index is 0. The molecule has 0 amide bonds. The molecule has 1 nitrogen and oxygen atoms in total. The lowest BCUT2D eigenvalue weighted by molar-refractivity contribution is 0.396. The summed E-state index contributed by atoms with van der Waals surface area (Å²) >= 11 is 0. The van der Waals surface area contributed by atoms with Crippen LogP contribution in [0, 0.1) is 0 Å². The number of alkyl halides is 1. The Labute approximate surface area is 80.8 Å². The molecule has 0 aromatic heterocycles. The monoisotopic (exact) mass is 185 g/mol. The zero-order chi connectivity index (χ0) is 10.7. The van der Waals surface area contributed by atoms with Gasteiger partial charge in [-0.2, -0.15) is 0 Å². The standard InChI is InChI=1S/C9H14FN.C2H6/c1-3-5-8(6-4-2)9(10)7-11;1-2/h3-6,9H,1,7,11H2,2H3;1-2H3/b6-4-,8-5+;. The minimum atomic E-state index is -1.08. The van der Waals surface area contributed by atoms with Gasteiger partial charge in [0.05, 0.1) is 0 Å². The second kappa shape index (κ2) is 11.1. The highest BCUT2D eigenvalue weighted by atomic mass is 19.1. The molecule has 2 N–H and O–H groups in total. The first-order valence-corrected chi connectivity index (χ1v) is 4.55. The third-order valence-electron chi connectivity index (χ3n) is 1.24. The maximum absolute atomic E-state index is 12.9. The van der Waals surface area contributed by atoms with Crippen LogP contribution in [0.5, 0.6) is 0 Å². The van der Waals surface area contributed by atoms with Crippen LogP contribution in [0.1, 0.15) is 20.8 Å². The van der Waals surface area contributed by atoms with Crippen molar-refractivity contribution in [3.8, 4) is 0 Å². The van der Waals surface area contributed by atoms with Crippen molar-refractivity contribution in [1.82, 2.24) is 0 Å². The van der Waals surface area contributed by atoms with Crippen LogP contribution in [-0.4, -0.2) is 12.7 Å². The summed E-state index contributed by atoms with van der Waals surface area (Å²) in [5.41, 5.74) is 5.72. The number of rotatable bonds is 4. The first-order chi connectivity index (χ1) is 6.26. The Kier molecular flexibility index (Phi) is 12.5. The average Bonchev–Trinajstić information content (AvgIpc) is 2.19. The van der Waals surface area contributed by atoms with Gasteiger partial charge in [-0.05, 0) is 12.5 Å². The Bertz CT molecular complexity index is 171. The van der Waals surface area contributed by atoms with Crippen molar-refractivity contribution < 1.29 is 4.39 Å². The van der Waals surface area contributed by atoms with E-state index in [1.165, 1.54) is 0 Å². The molecule has 0 heterocycles. The molecule has 0 rings (SSSR count). The van der Waals surface area contributed by atoms with Crippen LogP contribution in [0.4, 0.5) is 4.39 Å². The van der Waals surface area contributed by atoms with Crippen molar-refractivity contribution in [2.45, 2.75) is 26.9 Å². The van der Waals surface area contributed by atoms with E-state index in [9.17, 15) is 4.39 Å². The molecule has 0 aromatic carbocycles. The highest BCUT2D eigenvalue weighted by molar-refractivity contribution is 5.26. The summed E-state index contributed by atoms with van der Waals surface area (Å²) in [5, 5.41) is 0. The molecule has 0 aromatic rings. The summed E-state index contributed by atoms with van der Waals surface area (Å²) in [6.45, 7) is 9.33. The predicted molar refractivity (Wildman–Crippen MR) is 58.4 cm³/mol. The van der Waals surface area contributed by atoms with Crippen molar-refractivity contribution in [2.75, 3.05) is 6.54 Å². The van der Waals surface area contributed by atoms with Crippen molar-refractivity contribution in [1.29, 1.82) is 0 Å². The summed E-state index contributed by atoms with van der Waals surface area (Å²) in [6, 6.07) is 0. The quantitative estimate of drug-likeness (QED) is 0.669. The lowest BCUT2D eigenvalue weighted by Gasteiger charge is -2.04. The number of allylic oxidation sites excluding steroid dienone is 4. The maximum atomic E-state index is 12.9. The van der Waals surface area contributed by atoms with Gasteiger partial charge in [-0.1, -0.05) is 44.7 Å². The molecular weight excluding hydrogens is 165 g/mol. The molecule has 0 radical (unpaired) electrons. The molecule has 0 saturated heterocycles. The summed E-state index contributed by atoms with van der Waals surface area (Å²) in [7, 11) is 0. The van der Waals surface area contributed by atoms with E-state index in [4.69, 9.17) is 5.73 Å². The second-order valence-electron chi connectivity index (χ2n) is 2.11. The molecule has 0 bridgehead atoms. The maximum Gasteiger partial charge on any atom is 0.137 e. The highest BCUT2D eigenvalue weighted by Crippen LogP contribution is 2.07. The molecule has 0 aliphatic heterocycles. The molecule has 0 aliphatic carbocycles. The summed E-state index contributed by atoms with van der Waals surface area (Å²) in [5.74, 6) is 0. The Hall–Kier alpha value is -0.890. The predicted octanol–water partition coefficient (Wildman–Crippen LogP) is 3.00. The van der Waals surface area contributed by atoms with Crippen LogP contribution in [0.3, 0.4) is 0 Å². The van der Waals surface area contributed by atoms with Crippen LogP contribution in [0.25, 0.3) is 0 Å². The molecule has 0 aliphatic rings. The van der Waals surface area contributed by atoms with Gasteiger partial charge in [0, 0.05) is 6.54 Å². The number of hydrogen-bond donors (Lipinski definition) is 1. The fraction of sp³-hybridized carbons (Fsp3) is 0.455. The SMILES string of the molecule is C=C/C=C(\C=C/C)C(F)CN.CC. The van der Waals surface area contributed by atoms with Crippen molar-refractivity contribution in [3.63, 3.8) is 0 Å². The van der Waals surface area contributed by atoms with Crippen LogP contribution >= 0.6 is 0 Å². The van der Waals surface area contributed by atoms with E-state index in [-0.39, 0.29) is 6.54 Å². The third kappa shape index (κ3) is 7.47. The van der Waals surface area contributed by atoms with Crippen LogP contribution in [0.15, 0.2) is 36.5 Å². The zero-order valence-electron chi connectivity index (χ0n) is 8.76. The first kappa shape index (κ1) is 14.6. The topological polar surface area (TPSA) is 26.0 Å². The van der Waals surface area contributed by atoms with E-state index in [1.807, 2.05) is 20.8 Å². The summed E-state index contributed by atoms with van der Waals surface area (Å²) < 4.78 is 12.9. The van der Waals surface area contributed by atoms with Gasteiger partial charge in [0.25, 0.3) is 0 Å². The Morgan fingerprint density at radius 3 is 2.38 bits per heavy atom. The van der Waals surface area contributed by atoms with Gasteiger partial charge in [0.2, 0.25) is 0 Å². The van der Waals surface area contributed by atoms with Gasteiger partial charge in [-0.3, -0.25) is 0 Å². The Morgan fingerprint density at radius 1 is 1.54 bits per heavy atom. The van der Waals surface area contributed by atoms with E-state index < -0.39 is 6.17 Å². The molecule has 13 heavy (non-hydrogen) atoms. The minimum Gasteiger partial charge on any atom is -0.327 e. The smallest absolute Gasteiger partial charge is 0.137 e. The summed E-state index contributed by atoms with van der Waals surface area (Å²) in [4.78, 5) is 0. The second-order valence-corrected chi connectivity index (χ2v) is 2.11. The average molecular weight is 185 g/mol. The first-order valence-electron chi connectivity index (χ1n) is 4.55. The number of nitrogens with two attached hydrogens (primary N) is 1. The molecule has 2 heteroatoms. The minimum absolute atomic E-state index is 0.0179. The molecule has 1 atom stereocenters. The molecule has 1 unspecified atom stereocenters. The molecule has 0 saturated carbocycles. The van der Waals surface area contributed by atoms with E-state index in [1.54, 1.807) is 24.3 Å². The molecule has 76 valence electrons. The van der Waals surface area contributed by atoms with Crippen LogP contribution < -0.4 is 5.73 Å².